The molecule has 0 saturated carbocycles. The van der Waals surface area contributed by atoms with Crippen molar-refractivity contribution in [3.63, 3.8) is 0 Å². The standard InChI is InChI=1S/C9H8OS4/c1-11-5-3-7-8(4-6(5)12-2)14-9(10)13-7/h3-4H,1-2H3. The summed E-state index contributed by atoms with van der Waals surface area (Å²) in [5.41, 5.74) is 0. The molecule has 2 rings (SSSR count). The summed E-state index contributed by atoms with van der Waals surface area (Å²) in [7, 11) is 0. The van der Waals surface area contributed by atoms with Gasteiger partial charge in [-0.1, -0.05) is 22.7 Å². The summed E-state index contributed by atoms with van der Waals surface area (Å²) in [6.45, 7) is 0. The first-order chi connectivity index (χ1) is 6.74. The molecule has 14 heavy (non-hydrogen) atoms. The van der Waals surface area contributed by atoms with Crippen LogP contribution in [-0.2, 0) is 0 Å². The quantitative estimate of drug-likeness (QED) is 0.765. The number of rotatable bonds is 2. The summed E-state index contributed by atoms with van der Waals surface area (Å²) in [5, 5.41) is 0. The van der Waals surface area contributed by atoms with E-state index < -0.39 is 0 Å². The Bertz CT molecular complexity index is 467. The lowest BCUT2D eigenvalue weighted by Crippen LogP contribution is -1.75. The third kappa shape index (κ3) is 1.86. The van der Waals surface area contributed by atoms with Crippen LogP contribution in [0.4, 0.5) is 0 Å². The molecule has 1 nitrogen and oxygen atoms in total. The molecule has 2 aromatic rings. The van der Waals surface area contributed by atoms with Gasteiger partial charge in [0.05, 0.1) is 9.40 Å². The van der Waals surface area contributed by atoms with Crippen LogP contribution in [-0.4, -0.2) is 12.5 Å². The van der Waals surface area contributed by atoms with E-state index in [-0.39, 0.29) is 4.06 Å². The van der Waals surface area contributed by atoms with Gasteiger partial charge >= 0.3 is 0 Å². The van der Waals surface area contributed by atoms with Crippen LogP contribution in [0.2, 0.25) is 0 Å². The molecular formula is C9H8OS4. The molecule has 74 valence electrons. The lowest BCUT2D eigenvalue weighted by molar-refractivity contribution is 1.30. The highest BCUT2D eigenvalue weighted by atomic mass is 32.2. The van der Waals surface area contributed by atoms with Gasteiger partial charge in [0.25, 0.3) is 4.06 Å². The van der Waals surface area contributed by atoms with Gasteiger partial charge in [-0.05, 0) is 24.6 Å². The second-order valence-electron chi connectivity index (χ2n) is 2.61. The third-order valence-corrected chi connectivity index (χ3v) is 5.60. The van der Waals surface area contributed by atoms with Gasteiger partial charge < -0.3 is 0 Å². The van der Waals surface area contributed by atoms with Crippen molar-refractivity contribution in [1.82, 2.24) is 0 Å². The summed E-state index contributed by atoms with van der Waals surface area (Å²) < 4.78 is 2.41. The second-order valence-corrected chi connectivity index (χ2v) is 6.59. The smallest absolute Gasteiger partial charge is 0.265 e. The molecule has 0 saturated heterocycles. The van der Waals surface area contributed by atoms with E-state index in [4.69, 9.17) is 0 Å². The molecule has 0 unspecified atom stereocenters. The first-order valence-electron chi connectivity index (χ1n) is 3.90. The van der Waals surface area contributed by atoms with Crippen LogP contribution in [0, 0.1) is 0 Å². The fourth-order valence-electron chi connectivity index (χ4n) is 1.20. The maximum absolute atomic E-state index is 11.2. The fraction of sp³-hybridized carbons (Fsp3) is 0.222. The van der Waals surface area contributed by atoms with Crippen molar-refractivity contribution in [2.75, 3.05) is 12.5 Å². The van der Waals surface area contributed by atoms with Gasteiger partial charge in [-0.15, -0.1) is 23.5 Å². The first kappa shape index (κ1) is 10.5. The molecule has 0 spiro atoms. The topological polar surface area (TPSA) is 17.1 Å². The molecule has 0 atom stereocenters. The van der Waals surface area contributed by atoms with Crippen molar-refractivity contribution >= 4 is 55.6 Å². The Morgan fingerprint density at radius 1 is 1.00 bits per heavy atom. The zero-order chi connectivity index (χ0) is 10.1. The number of hydrogen-bond acceptors (Lipinski definition) is 5. The van der Waals surface area contributed by atoms with Crippen molar-refractivity contribution in [3.8, 4) is 0 Å². The normalized spacial score (nSPS) is 11.0. The molecule has 0 aliphatic rings. The van der Waals surface area contributed by atoms with Crippen molar-refractivity contribution in [2.24, 2.45) is 0 Å². The SMILES string of the molecule is CSc1cc2sc(=O)sc2cc1SC. The monoisotopic (exact) mass is 260 g/mol. The van der Waals surface area contributed by atoms with Gasteiger partial charge in [0.15, 0.2) is 0 Å². The van der Waals surface area contributed by atoms with Gasteiger partial charge in [-0.3, -0.25) is 4.79 Å². The minimum atomic E-state index is 0.185. The molecule has 1 aromatic carbocycles. The van der Waals surface area contributed by atoms with Crippen LogP contribution in [0.15, 0.2) is 26.7 Å². The third-order valence-electron chi connectivity index (χ3n) is 1.84. The van der Waals surface area contributed by atoms with Gasteiger partial charge in [0.2, 0.25) is 0 Å². The Hall–Kier alpha value is 0.0300. The molecular weight excluding hydrogens is 252 g/mol. The first-order valence-corrected chi connectivity index (χ1v) is 7.98. The minimum absolute atomic E-state index is 0.185. The minimum Gasteiger partial charge on any atom is -0.265 e. The highest BCUT2D eigenvalue weighted by Crippen LogP contribution is 2.34. The largest absolute Gasteiger partial charge is 0.288 e. The molecule has 0 N–H and O–H groups in total. The molecule has 0 aliphatic heterocycles. The Kier molecular flexibility index (Phi) is 3.21. The maximum atomic E-state index is 11.2. The highest BCUT2D eigenvalue weighted by Gasteiger charge is 2.06. The summed E-state index contributed by atoms with van der Waals surface area (Å²) in [5.74, 6) is 0. The summed E-state index contributed by atoms with van der Waals surface area (Å²) in [4.78, 5) is 13.7. The van der Waals surface area contributed by atoms with Gasteiger partial charge in [0, 0.05) is 9.79 Å². The summed E-state index contributed by atoms with van der Waals surface area (Å²) >= 11 is 6.15. The Morgan fingerprint density at radius 3 is 1.79 bits per heavy atom. The van der Waals surface area contributed by atoms with Crippen LogP contribution in [0.5, 0.6) is 0 Å². The van der Waals surface area contributed by atoms with Crippen molar-refractivity contribution < 1.29 is 0 Å². The highest BCUT2D eigenvalue weighted by molar-refractivity contribution is 8.01. The average molecular weight is 260 g/mol. The van der Waals surface area contributed by atoms with Crippen LogP contribution in [0.25, 0.3) is 9.40 Å². The van der Waals surface area contributed by atoms with Crippen molar-refractivity contribution in [1.29, 1.82) is 0 Å². The van der Waals surface area contributed by atoms with Crippen LogP contribution in [0.3, 0.4) is 0 Å². The molecule has 0 radical (unpaired) electrons. The number of hydrogen-bond donors (Lipinski definition) is 0. The number of thioether (sulfide) groups is 2. The molecule has 0 amide bonds. The average Bonchev–Trinajstić information content (AvgIpc) is 2.54. The van der Waals surface area contributed by atoms with E-state index in [1.807, 2.05) is 0 Å². The van der Waals surface area contributed by atoms with E-state index in [9.17, 15) is 4.79 Å². The zero-order valence-corrected chi connectivity index (χ0v) is 11.0. The van der Waals surface area contributed by atoms with Crippen molar-refractivity contribution in [2.45, 2.75) is 9.79 Å². The Balaban J connectivity index is 2.74. The van der Waals surface area contributed by atoms with Crippen molar-refractivity contribution in [3.05, 3.63) is 21.0 Å². The van der Waals surface area contributed by atoms with Crippen LogP contribution < -0.4 is 4.06 Å². The number of benzene rings is 1. The van der Waals surface area contributed by atoms with Gasteiger partial charge in [-0.2, -0.15) is 0 Å². The molecule has 5 heteroatoms. The number of fused-ring (bicyclic) bond motifs is 1. The predicted molar refractivity (Wildman–Crippen MR) is 69.5 cm³/mol. The summed E-state index contributed by atoms with van der Waals surface area (Å²) in [6.07, 6.45) is 4.13. The molecule has 1 heterocycles. The Labute approximate surface area is 98.5 Å². The van der Waals surface area contributed by atoms with Crippen LogP contribution in [0.1, 0.15) is 0 Å². The second kappa shape index (κ2) is 4.26. The lowest BCUT2D eigenvalue weighted by Gasteiger charge is -2.03. The van der Waals surface area contributed by atoms with Gasteiger partial charge in [-0.25, -0.2) is 0 Å². The van der Waals surface area contributed by atoms with Crippen LogP contribution >= 0.6 is 46.2 Å². The molecule has 1 aromatic heterocycles. The Morgan fingerprint density at radius 2 is 1.43 bits per heavy atom. The predicted octanol–water partition coefficient (Wildman–Crippen LogP) is 3.77. The molecule has 0 bridgehead atoms. The van der Waals surface area contributed by atoms with Gasteiger partial charge in [0.1, 0.15) is 0 Å². The maximum Gasteiger partial charge on any atom is 0.288 e. The van der Waals surface area contributed by atoms with E-state index in [2.05, 4.69) is 24.6 Å². The van der Waals surface area contributed by atoms with E-state index in [0.717, 1.165) is 9.40 Å². The molecule has 0 fully saturated rings. The zero-order valence-electron chi connectivity index (χ0n) is 7.70. The molecule has 0 aliphatic carbocycles. The van der Waals surface area contributed by atoms with E-state index >= 15 is 0 Å². The van der Waals surface area contributed by atoms with E-state index in [0.29, 0.717) is 0 Å². The fourth-order valence-corrected chi connectivity index (χ4v) is 4.83. The van der Waals surface area contributed by atoms with E-state index in [1.54, 1.807) is 23.5 Å². The van der Waals surface area contributed by atoms with E-state index in [1.165, 1.54) is 32.5 Å². The lowest BCUT2D eigenvalue weighted by atomic mass is 10.4. The summed E-state index contributed by atoms with van der Waals surface area (Å²) in [6, 6.07) is 4.24.